The highest BCUT2D eigenvalue weighted by Crippen LogP contribution is 2.67. The molecule has 6 nitrogen and oxygen atoms in total. The number of esters is 1. The van der Waals surface area contributed by atoms with Crippen molar-refractivity contribution in [1.29, 1.82) is 0 Å². The van der Waals surface area contributed by atoms with Crippen LogP contribution in [0.15, 0.2) is 47.1 Å². The molecule has 0 aliphatic heterocycles. The Morgan fingerprint density at radius 2 is 1.82 bits per heavy atom. The zero-order chi connectivity index (χ0) is 27.4. The van der Waals surface area contributed by atoms with Crippen LogP contribution in [0.1, 0.15) is 70.3 Å². The van der Waals surface area contributed by atoms with Crippen molar-refractivity contribution in [2.45, 2.75) is 70.3 Å². The Bertz CT molecular complexity index is 1260. The van der Waals surface area contributed by atoms with Gasteiger partial charge in [-0.05, 0) is 85.3 Å². The van der Waals surface area contributed by atoms with Gasteiger partial charge in [0.1, 0.15) is 0 Å². The molecule has 0 radical (unpaired) electrons. The molecule has 0 N–H and O–H groups in total. The van der Waals surface area contributed by atoms with Crippen molar-refractivity contribution >= 4 is 34.0 Å². The van der Waals surface area contributed by atoms with Crippen LogP contribution < -0.4 is 4.90 Å². The molecule has 2 fully saturated rings. The van der Waals surface area contributed by atoms with E-state index in [1.165, 1.54) is 35.5 Å². The Morgan fingerprint density at radius 3 is 2.45 bits per heavy atom. The van der Waals surface area contributed by atoms with Gasteiger partial charge in [-0.1, -0.05) is 24.6 Å². The average Bonchev–Trinajstić information content (AvgIpc) is 3.15. The lowest BCUT2D eigenvalue weighted by atomic mass is 9.50. The van der Waals surface area contributed by atoms with Gasteiger partial charge in [0.25, 0.3) is 0 Å². The Hall–Kier alpha value is -2.54. The molecule has 4 aliphatic rings. The molecule has 0 amide bonds. The molecular formula is C31H39NO5S. The van der Waals surface area contributed by atoms with Crippen molar-refractivity contribution in [3.8, 4) is 0 Å². The van der Waals surface area contributed by atoms with Crippen molar-refractivity contribution in [2.24, 2.45) is 17.3 Å². The fourth-order valence-corrected chi connectivity index (χ4v) is 8.78. The molecule has 4 unspecified atom stereocenters. The van der Waals surface area contributed by atoms with E-state index in [1.807, 2.05) is 20.2 Å². The predicted octanol–water partition coefficient (Wildman–Crippen LogP) is 4.90. The highest BCUT2D eigenvalue weighted by atomic mass is 32.2. The van der Waals surface area contributed by atoms with Crippen LogP contribution in [0.5, 0.6) is 0 Å². The first-order valence-electron chi connectivity index (χ1n) is 13.7. The van der Waals surface area contributed by atoms with Gasteiger partial charge in [0.05, 0.1) is 5.75 Å². The number of Topliss-reactive ketones (excluding diaryl/α,β-unsaturated/α-hetero) is 1. The second-order valence-corrected chi connectivity index (χ2v) is 13.5. The average molecular weight is 538 g/mol. The molecule has 4 aliphatic carbocycles. The minimum Gasteiger partial charge on any atom is -0.451 e. The smallest absolute Gasteiger partial charge is 0.303 e. The van der Waals surface area contributed by atoms with Gasteiger partial charge in [-0.2, -0.15) is 0 Å². The maximum absolute atomic E-state index is 13.8. The van der Waals surface area contributed by atoms with E-state index in [9.17, 15) is 18.6 Å². The SMILES string of the molecule is CC(=O)O[C@@]1(C(=O)CS(C)=O)CCC2C3CCC4=CC(=O)CCC4=C3C(c3ccc(N(C)C)cc3)C[C@@]21C. The zero-order valence-electron chi connectivity index (χ0n) is 23.2. The third kappa shape index (κ3) is 4.31. The number of anilines is 1. The standard InChI is InChI=1S/C31H39NO5S/c1-19(33)37-31(28(35)18-38(5)36)15-14-27-25-12-8-21-16-23(34)11-13-24(21)29(25)26(17-30(27,31)2)20-6-9-22(10-7-20)32(3)4/h6-7,9-10,16,25-27H,8,11-15,17-18H2,1-5H3/t25?,26?,27?,30-,31+,38?/m0/s1. The second kappa shape index (κ2) is 9.89. The van der Waals surface area contributed by atoms with Crippen molar-refractivity contribution in [3.63, 3.8) is 0 Å². The highest BCUT2D eigenvalue weighted by Gasteiger charge is 2.68. The molecule has 0 aromatic heterocycles. The third-order valence-electron chi connectivity index (χ3n) is 9.77. The Kier molecular flexibility index (Phi) is 7.04. The molecule has 0 saturated heterocycles. The molecule has 38 heavy (non-hydrogen) atoms. The highest BCUT2D eigenvalue weighted by molar-refractivity contribution is 7.85. The molecular weight excluding hydrogens is 498 g/mol. The first kappa shape index (κ1) is 27.0. The van der Waals surface area contributed by atoms with Crippen molar-refractivity contribution < 1.29 is 23.3 Å². The van der Waals surface area contributed by atoms with Gasteiger partial charge in [0.2, 0.25) is 0 Å². The fraction of sp³-hybridized carbons (Fsp3) is 0.581. The van der Waals surface area contributed by atoms with Gasteiger partial charge < -0.3 is 9.64 Å². The number of benzene rings is 1. The molecule has 0 bridgehead atoms. The predicted molar refractivity (Wildman–Crippen MR) is 149 cm³/mol. The van der Waals surface area contributed by atoms with Gasteiger partial charge in [0.15, 0.2) is 17.2 Å². The number of hydrogen-bond donors (Lipinski definition) is 0. The number of hydrogen-bond acceptors (Lipinski definition) is 6. The lowest BCUT2D eigenvalue weighted by Gasteiger charge is -2.55. The molecule has 2 saturated carbocycles. The molecule has 7 heteroatoms. The summed E-state index contributed by atoms with van der Waals surface area (Å²) in [6.45, 7) is 3.52. The number of ether oxygens (including phenoxy) is 1. The summed E-state index contributed by atoms with van der Waals surface area (Å²) < 4.78 is 18.3. The Labute approximate surface area is 228 Å². The molecule has 1 aromatic rings. The first-order valence-corrected chi connectivity index (χ1v) is 15.5. The van der Waals surface area contributed by atoms with E-state index in [-0.39, 0.29) is 35.1 Å². The molecule has 6 atom stereocenters. The van der Waals surface area contributed by atoms with Gasteiger partial charge in [-0.25, -0.2) is 0 Å². The fourth-order valence-electron chi connectivity index (χ4n) is 8.18. The Balaban J connectivity index is 1.68. The molecule has 204 valence electrons. The summed E-state index contributed by atoms with van der Waals surface area (Å²) in [6.07, 6.45) is 8.43. The number of fused-ring (bicyclic) bond motifs is 4. The van der Waals surface area contributed by atoms with Gasteiger partial charge in [0, 0.05) is 61.5 Å². The van der Waals surface area contributed by atoms with E-state index >= 15 is 0 Å². The van der Waals surface area contributed by atoms with Crippen LogP contribution >= 0.6 is 0 Å². The summed E-state index contributed by atoms with van der Waals surface area (Å²) in [6, 6.07) is 8.64. The molecule has 5 rings (SSSR count). The van der Waals surface area contributed by atoms with Crippen LogP contribution in [0.2, 0.25) is 0 Å². The molecule has 1 aromatic carbocycles. The van der Waals surface area contributed by atoms with E-state index in [2.05, 4.69) is 36.1 Å². The summed E-state index contributed by atoms with van der Waals surface area (Å²) in [5.41, 5.74) is 4.41. The molecule has 0 heterocycles. The van der Waals surface area contributed by atoms with E-state index < -0.39 is 27.8 Å². The van der Waals surface area contributed by atoms with Crippen LogP contribution in [0, 0.1) is 17.3 Å². The summed E-state index contributed by atoms with van der Waals surface area (Å²) in [4.78, 5) is 40.7. The number of nitrogens with zero attached hydrogens (tertiary/aromatic N) is 1. The summed E-state index contributed by atoms with van der Waals surface area (Å²) >= 11 is 0. The normalized spacial score (nSPS) is 33.0. The maximum Gasteiger partial charge on any atom is 0.303 e. The first-order chi connectivity index (χ1) is 18.0. The van der Waals surface area contributed by atoms with E-state index in [4.69, 9.17) is 4.74 Å². The third-order valence-corrected chi connectivity index (χ3v) is 10.4. The Morgan fingerprint density at radius 1 is 1.11 bits per heavy atom. The summed E-state index contributed by atoms with van der Waals surface area (Å²) in [7, 11) is 2.72. The quantitative estimate of drug-likeness (QED) is 0.480. The van der Waals surface area contributed by atoms with E-state index in [0.717, 1.165) is 31.4 Å². The van der Waals surface area contributed by atoms with Crippen LogP contribution in [0.3, 0.4) is 0 Å². The van der Waals surface area contributed by atoms with Crippen molar-refractivity contribution in [1.82, 2.24) is 0 Å². The van der Waals surface area contributed by atoms with Crippen LogP contribution in [0.4, 0.5) is 5.69 Å². The topological polar surface area (TPSA) is 80.8 Å². The zero-order valence-corrected chi connectivity index (χ0v) is 24.0. The van der Waals surface area contributed by atoms with Crippen molar-refractivity contribution in [2.75, 3.05) is 31.0 Å². The number of allylic oxidation sites excluding steroid dienone is 4. The van der Waals surface area contributed by atoms with E-state index in [1.54, 1.807) is 0 Å². The van der Waals surface area contributed by atoms with Gasteiger partial charge in [-0.15, -0.1) is 0 Å². The minimum absolute atomic E-state index is 0.0531. The number of rotatable bonds is 6. The lowest BCUT2D eigenvalue weighted by molar-refractivity contribution is -0.182. The number of carbonyl (C=O) groups excluding carboxylic acids is 3. The van der Waals surface area contributed by atoms with Crippen LogP contribution in [-0.4, -0.2) is 53.4 Å². The summed E-state index contributed by atoms with van der Waals surface area (Å²) in [5.74, 6) is -0.0831. The monoisotopic (exact) mass is 537 g/mol. The minimum atomic E-state index is -1.33. The largest absolute Gasteiger partial charge is 0.451 e. The number of carbonyl (C=O) groups is 3. The van der Waals surface area contributed by atoms with Crippen LogP contribution in [0.25, 0.3) is 0 Å². The second-order valence-electron chi connectivity index (χ2n) is 12.1. The van der Waals surface area contributed by atoms with Crippen molar-refractivity contribution in [3.05, 3.63) is 52.6 Å². The van der Waals surface area contributed by atoms with Crippen LogP contribution in [-0.2, 0) is 29.9 Å². The van der Waals surface area contributed by atoms with Gasteiger partial charge in [-0.3, -0.25) is 18.6 Å². The molecule has 0 spiro atoms. The van der Waals surface area contributed by atoms with Gasteiger partial charge >= 0.3 is 5.97 Å². The maximum atomic E-state index is 13.8. The number of ketones is 2. The summed E-state index contributed by atoms with van der Waals surface area (Å²) in [5, 5.41) is 0. The lowest BCUT2D eigenvalue weighted by Crippen LogP contribution is -2.58. The van der Waals surface area contributed by atoms with E-state index in [0.29, 0.717) is 19.3 Å².